The SMILES string of the molecule is CCc1nc(COc2c(CO)cccc2OC)cs1. The first-order chi connectivity index (χ1) is 9.28. The molecule has 0 radical (unpaired) electrons. The fraction of sp³-hybridized carbons (Fsp3) is 0.357. The molecule has 1 aromatic heterocycles. The maximum absolute atomic E-state index is 9.33. The summed E-state index contributed by atoms with van der Waals surface area (Å²) < 4.78 is 11.0. The van der Waals surface area contributed by atoms with Crippen molar-refractivity contribution in [2.75, 3.05) is 7.11 Å². The van der Waals surface area contributed by atoms with Gasteiger partial charge in [0.15, 0.2) is 11.5 Å². The highest BCUT2D eigenvalue weighted by Crippen LogP contribution is 2.31. The Morgan fingerprint density at radius 2 is 2.21 bits per heavy atom. The summed E-state index contributed by atoms with van der Waals surface area (Å²) in [5, 5.41) is 12.4. The number of aliphatic hydroxyl groups excluding tert-OH is 1. The zero-order valence-electron chi connectivity index (χ0n) is 11.0. The maximum atomic E-state index is 9.33. The highest BCUT2D eigenvalue weighted by molar-refractivity contribution is 7.09. The van der Waals surface area contributed by atoms with E-state index < -0.39 is 0 Å². The summed E-state index contributed by atoms with van der Waals surface area (Å²) in [6.07, 6.45) is 0.932. The number of aliphatic hydroxyl groups is 1. The predicted molar refractivity (Wildman–Crippen MR) is 74.7 cm³/mol. The van der Waals surface area contributed by atoms with E-state index in [4.69, 9.17) is 9.47 Å². The third-order valence-corrected chi connectivity index (χ3v) is 3.76. The van der Waals surface area contributed by atoms with Gasteiger partial charge in [-0.25, -0.2) is 4.98 Å². The topological polar surface area (TPSA) is 51.6 Å². The van der Waals surface area contributed by atoms with Crippen LogP contribution in [-0.2, 0) is 19.6 Å². The zero-order valence-corrected chi connectivity index (χ0v) is 11.9. The van der Waals surface area contributed by atoms with Crippen LogP contribution in [-0.4, -0.2) is 17.2 Å². The molecule has 1 heterocycles. The summed E-state index contributed by atoms with van der Waals surface area (Å²) >= 11 is 1.63. The molecule has 0 amide bonds. The third-order valence-electron chi connectivity index (χ3n) is 2.72. The molecule has 1 aromatic carbocycles. The van der Waals surface area contributed by atoms with Crippen molar-refractivity contribution in [2.24, 2.45) is 0 Å². The molecular weight excluding hydrogens is 262 g/mol. The molecule has 0 bridgehead atoms. The molecule has 0 spiro atoms. The standard InChI is InChI=1S/C14H17NO3S/c1-3-13-15-11(9-19-13)8-18-14-10(7-16)5-4-6-12(14)17-2/h4-6,9,16H,3,7-8H2,1-2H3. The number of hydrogen-bond donors (Lipinski definition) is 1. The monoisotopic (exact) mass is 279 g/mol. The van der Waals surface area contributed by atoms with Gasteiger partial charge in [-0.2, -0.15) is 0 Å². The van der Waals surface area contributed by atoms with Crippen molar-refractivity contribution in [1.82, 2.24) is 4.98 Å². The molecule has 0 atom stereocenters. The van der Waals surface area contributed by atoms with Crippen LogP contribution < -0.4 is 9.47 Å². The lowest BCUT2D eigenvalue weighted by molar-refractivity contribution is 0.248. The van der Waals surface area contributed by atoms with E-state index in [1.165, 1.54) is 0 Å². The smallest absolute Gasteiger partial charge is 0.167 e. The normalized spacial score (nSPS) is 10.5. The highest BCUT2D eigenvalue weighted by Gasteiger charge is 2.11. The van der Waals surface area contributed by atoms with Gasteiger partial charge in [-0.05, 0) is 12.5 Å². The van der Waals surface area contributed by atoms with Gasteiger partial charge in [0.25, 0.3) is 0 Å². The summed E-state index contributed by atoms with van der Waals surface area (Å²) in [4.78, 5) is 4.44. The maximum Gasteiger partial charge on any atom is 0.167 e. The van der Waals surface area contributed by atoms with E-state index in [0.717, 1.165) is 17.1 Å². The Labute approximate surface area is 116 Å². The largest absolute Gasteiger partial charge is 0.493 e. The van der Waals surface area contributed by atoms with Crippen molar-refractivity contribution in [3.8, 4) is 11.5 Å². The molecule has 19 heavy (non-hydrogen) atoms. The van der Waals surface area contributed by atoms with Crippen LogP contribution in [0.25, 0.3) is 0 Å². The molecule has 0 aliphatic heterocycles. The lowest BCUT2D eigenvalue weighted by Gasteiger charge is -2.13. The minimum Gasteiger partial charge on any atom is -0.493 e. The van der Waals surface area contributed by atoms with Crippen molar-refractivity contribution < 1.29 is 14.6 Å². The lowest BCUT2D eigenvalue weighted by Crippen LogP contribution is -2.01. The molecule has 2 rings (SSSR count). The molecule has 0 saturated heterocycles. The van der Waals surface area contributed by atoms with Crippen LogP contribution in [0, 0.1) is 0 Å². The van der Waals surface area contributed by atoms with E-state index in [2.05, 4.69) is 11.9 Å². The lowest BCUT2D eigenvalue weighted by atomic mass is 10.2. The van der Waals surface area contributed by atoms with Gasteiger partial charge in [-0.15, -0.1) is 11.3 Å². The Kier molecular flexibility index (Phi) is 4.76. The van der Waals surface area contributed by atoms with Gasteiger partial charge in [0, 0.05) is 10.9 Å². The van der Waals surface area contributed by atoms with Crippen molar-refractivity contribution in [3.63, 3.8) is 0 Å². The Bertz CT molecular complexity index is 517. The summed E-state index contributed by atoms with van der Waals surface area (Å²) in [5.74, 6) is 1.20. The number of aromatic nitrogens is 1. The Balaban J connectivity index is 2.13. The predicted octanol–water partition coefficient (Wildman–Crippen LogP) is 2.79. The number of thiazole rings is 1. The van der Waals surface area contributed by atoms with Gasteiger partial charge < -0.3 is 14.6 Å². The average Bonchev–Trinajstić information content (AvgIpc) is 2.92. The fourth-order valence-corrected chi connectivity index (χ4v) is 2.46. The number of ether oxygens (including phenoxy) is 2. The first-order valence-corrected chi connectivity index (χ1v) is 6.99. The van der Waals surface area contributed by atoms with Gasteiger partial charge in [0.1, 0.15) is 6.61 Å². The minimum absolute atomic E-state index is 0.0796. The summed E-state index contributed by atoms with van der Waals surface area (Å²) in [7, 11) is 1.58. The van der Waals surface area contributed by atoms with Crippen molar-refractivity contribution >= 4 is 11.3 Å². The number of hydrogen-bond acceptors (Lipinski definition) is 5. The van der Waals surface area contributed by atoms with Crippen molar-refractivity contribution in [2.45, 2.75) is 26.6 Å². The fourth-order valence-electron chi connectivity index (χ4n) is 1.73. The van der Waals surface area contributed by atoms with Crippen LogP contribution in [0.1, 0.15) is 23.2 Å². The van der Waals surface area contributed by atoms with E-state index in [1.807, 2.05) is 23.6 Å². The Hall–Kier alpha value is -1.59. The van der Waals surface area contributed by atoms with E-state index in [9.17, 15) is 5.11 Å². The van der Waals surface area contributed by atoms with Gasteiger partial charge in [-0.1, -0.05) is 19.1 Å². The van der Waals surface area contributed by atoms with Gasteiger partial charge in [0.05, 0.1) is 24.4 Å². The van der Waals surface area contributed by atoms with Crippen LogP contribution in [0.4, 0.5) is 0 Å². The molecule has 0 fully saturated rings. The first kappa shape index (κ1) is 13.8. The number of aryl methyl sites for hydroxylation is 1. The Morgan fingerprint density at radius 1 is 1.37 bits per heavy atom. The molecular formula is C14H17NO3S. The first-order valence-electron chi connectivity index (χ1n) is 6.11. The molecule has 0 aliphatic rings. The summed E-state index contributed by atoms with van der Waals surface area (Å²) in [6, 6.07) is 5.46. The van der Waals surface area contributed by atoms with E-state index in [-0.39, 0.29) is 6.61 Å². The molecule has 102 valence electrons. The second kappa shape index (κ2) is 6.54. The second-order valence-electron chi connectivity index (χ2n) is 3.98. The molecule has 1 N–H and O–H groups in total. The van der Waals surface area contributed by atoms with Gasteiger partial charge in [0.2, 0.25) is 0 Å². The molecule has 4 nitrogen and oxygen atoms in total. The number of methoxy groups -OCH3 is 1. The third kappa shape index (κ3) is 3.24. The van der Waals surface area contributed by atoms with Gasteiger partial charge in [-0.3, -0.25) is 0 Å². The highest BCUT2D eigenvalue weighted by atomic mass is 32.1. The van der Waals surface area contributed by atoms with E-state index in [1.54, 1.807) is 18.4 Å². The van der Waals surface area contributed by atoms with Gasteiger partial charge >= 0.3 is 0 Å². The molecule has 5 heteroatoms. The van der Waals surface area contributed by atoms with Crippen LogP contribution in [0.15, 0.2) is 23.6 Å². The van der Waals surface area contributed by atoms with Crippen LogP contribution in [0.3, 0.4) is 0 Å². The molecule has 2 aromatic rings. The summed E-state index contributed by atoms with van der Waals surface area (Å²) in [5.41, 5.74) is 1.61. The number of benzene rings is 1. The molecule has 0 unspecified atom stereocenters. The van der Waals surface area contributed by atoms with E-state index >= 15 is 0 Å². The molecule has 0 saturated carbocycles. The quantitative estimate of drug-likeness (QED) is 0.883. The zero-order chi connectivity index (χ0) is 13.7. The molecule has 0 aliphatic carbocycles. The second-order valence-corrected chi connectivity index (χ2v) is 4.92. The van der Waals surface area contributed by atoms with Crippen LogP contribution >= 0.6 is 11.3 Å². The number of rotatable bonds is 6. The van der Waals surface area contributed by atoms with E-state index in [0.29, 0.717) is 23.7 Å². The minimum atomic E-state index is -0.0796. The van der Waals surface area contributed by atoms with Crippen molar-refractivity contribution in [3.05, 3.63) is 39.8 Å². The number of para-hydroxylation sites is 1. The van der Waals surface area contributed by atoms with Crippen LogP contribution in [0.5, 0.6) is 11.5 Å². The number of nitrogens with zero attached hydrogens (tertiary/aromatic N) is 1. The van der Waals surface area contributed by atoms with Crippen molar-refractivity contribution in [1.29, 1.82) is 0 Å². The summed E-state index contributed by atoms with van der Waals surface area (Å²) in [6.45, 7) is 2.38. The van der Waals surface area contributed by atoms with Crippen LogP contribution in [0.2, 0.25) is 0 Å². The Morgan fingerprint density at radius 3 is 2.84 bits per heavy atom. The average molecular weight is 279 g/mol.